The number of piperidine rings is 1. The normalized spacial score (nSPS) is 16.1. The highest BCUT2D eigenvalue weighted by molar-refractivity contribution is 9.10. The number of halogens is 1. The molecule has 0 spiro atoms. The zero-order valence-electron chi connectivity index (χ0n) is 14.5. The van der Waals surface area contributed by atoms with Crippen molar-refractivity contribution >= 4 is 39.3 Å². The summed E-state index contributed by atoms with van der Waals surface area (Å²) in [5.41, 5.74) is 0.125. The van der Waals surface area contributed by atoms with Crippen LogP contribution in [0.4, 0.5) is 4.79 Å². The second-order valence-electron chi connectivity index (χ2n) is 6.18. The lowest BCUT2D eigenvalue weighted by Crippen LogP contribution is -2.47. The maximum Gasteiger partial charge on any atom is 0.410 e. The number of ether oxygens (including phenoxy) is 2. The van der Waals surface area contributed by atoms with Crippen molar-refractivity contribution in [3.05, 3.63) is 50.9 Å². The van der Waals surface area contributed by atoms with Gasteiger partial charge in [-0.2, -0.15) is 0 Å². The van der Waals surface area contributed by atoms with E-state index in [1.54, 1.807) is 4.90 Å². The van der Waals surface area contributed by atoms with Crippen LogP contribution in [0.3, 0.4) is 0 Å². The van der Waals surface area contributed by atoms with E-state index in [0.29, 0.717) is 35.5 Å². The second kappa shape index (κ2) is 8.81. The largest absolute Gasteiger partial charge is 0.480 e. The third-order valence-electron chi connectivity index (χ3n) is 4.37. The molecular weight excluding hydrogens is 436 g/mol. The van der Waals surface area contributed by atoms with Crippen molar-refractivity contribution in [3.8, 4) is 0 Å². The lowest BCUT2D eigenvalue weighted by atomic mass is 9.92. The van der Waals surface area contributed by atoms with E-state index in [0.717, 1.165) is 5.56 Å². The lowest BCUT2D eigenvalue weighted by Gasteiger charge is -2.39. The SMILES string of the molecule is O=C(O)COC1(c2nc(Br)cs2)CCN(C(=O)OCc2ccccc2)CC1. The van der Waals surface area contributed by atoms with Gasteiger partial charge in [-0.15, -0.1) is 11.3 Å². The molecule has 1 aromatic carbocycles. The first kappa shape index (κ1) is 19.8. The molecule has 1 N–H and O–H groups in total. The predicted molar refractivity (Wildman–Crippen MR) is 103 cm³/mol. The van der Waals surface area contributed by atoms with E-state index < -0.39 is 18.2 Å². The maximum absolute atomic E-state index is 12.3. The molecule has 1 aliphatic rings. The number of rotatable bonds is 6. The zero-order chi connectivity index (χ0) is 19.3. The summed E-state index contributed by atoms with van der Waals surface area (Å²) >= 11 is 4.74. The van der Waals surface area contributed by atoms with Gasteiger partial charge < -0.3 is 19.5 Å². The molecule has 2 aromatic rings. The van der Waals surface area contributed by atoms with E-state index in [9.17, 15) is 9.59 Å². The molecular formula is C18H19BrN2O5S. The second-order valence-corrected chi connectivity index (χ2v) is 7.85. The van der Waals surface area contributed by atoms with Crippen LogP contribution >= 0.6 is 27.3 Å². The molecule has 27 heavy (non-hydrogen) atoms. The Morgan fingerprint density at radius 3 is 2.56 bits per heavy atom. The molecule has 2 heterocycles. The topological polar surface area (TPSA) is 89.0 Å². The number of carboxylic acid groups (broad SMARTS) is 1. The van der Waals surface area contributed by atoms with Crippen molar-refractivity contribution in [1.82, 2.24) is 9.88 Å². The quantitative estimate of drug-likeness (QED) is 0.716. The van der Waals surface area contributed by atoms with E-state index in [1.807, 2.05) is 35.7 Å². The van der Waals surface area contributed by atoms with E-state index in [4.69, 9.17) is 14.6 Å². The molecule has 0 radical (unpaired) electrons. The number of amides is 1. The average Bonchev–Trinajstić information content (AvgIpc) is 3.13. The summed E-state index contributed by atoms with van der Waals surface area (Å²) in [6.07, 6.45) is 0.535. The summed E-state index contributed by atoms with van der Waals surface area (Å²) < 4.78 is 11.8. The van der Waals surface area contributed by atoms with Gasteiger partial charge in [-0.1, -0.05) is 30.3 Å². The zero-order valence-corrected chi connectivity index (χ0v) is 16.9. The van der Waals surface area contributed by atoms with Gasteiger partial charge in [0.15, 0.2) is 0 Å². The molecule has 0 aliphatic carbocycles. The number of hydrogen-bond acceptors (Lipinski definition) is 6. The number of hydrogen-bond donors (Lipinski definition) is 1. The van der Waals surface area contributed by atoms with E-state index in [-0.39, 0.29) is 12.7 Å². The van der Waals surface area contributed by atoms with Gasteiger partial charge in [0.05, 0.1) is 0 Å². The standard InChI is InChI=1S/C18H19BrN2O5S/c19-14-12-27-16(20-14)18(26-11-15(22)23)6-8-21(9-7-18)17(24)25-10-13-4-2-1-3-5-13/h1-5,12H,6-11H2,(H,22,23). The molecule has 1 aromatic heterocycles. The Balaban J connectivity index is 1.61. The number of carbonyl (C=O) groups is 2. The molecule has 0 bridgehead atoms. The van der Waals surface area contributed by atoms with Crippen molar-refractivity contribution in [2.45, 2.75) is 25.0 Å². The van der Waals surface area contributed by atoms with E-state index >= 15 is 0 Å². The minimum atomic E-state index is -1.03. The highest BCUT2D eigenvalue weighted by Crippen LogP contribution is 2.39. The molecule has 0 atom stereocenters. The van der Waals surface area contributed by atoms with Crippen LogP contribution in [0.25, 0.3) is 0 Å². The van der Waals surface area contributed by atoms with Crippen molar-refractivity contribution in [2.24, 2.45) is 0 Å². The fourth-order valence-electron chi connectivity index (χ4n) is 2.94. The highest BCUT2D eigenvalue weighted by atomic mass is 79.9. The number of carbonyl (C=O) groups excluding carboxylic acids is 1. The molecule has 7 nitrogen and oxygen atoms in total. The Kier molecular flexibility index (Phi) is 6.46. The average molecular weight is 455 g/mol. The molecule has 1 aliphatic heterocycles. The van der Waals surface area contributed by atoms with Crippen LogP contribution in [-0.4, -0.2) is 46.7 Å². The van der Waals surface area contributed by atoms with Crippen LogP contribution in [0.5, 0.6) is 0 Å². The molecule has 1 fully saturated rings. The first-order chi connectivity index (χ1) is 13.0. The minimum Gasteiger partial charge on any atom is -0.480 e. The molecule has 1 saturated heterocycles. The first-order valence-electron chi connectivity index (χ1n) is 8.41. The number of carboxylic acids is 1. The van der Waals surface area contributed by atoms with Gasteiger partial charge in [-0.05, 0) is 21.5 Å². The van der Waals surface area contributed by atoms with Gasteiger partial charge in [-0.25, -0.2) is 14.6 Å². The van der Waals surface area contributed by atoms with Crippen LogP contribution in [0, 0.1) is 0 Å². The maximum atomic E-state index is 12.3. The van der Waals surface area contributed by atoms with Gasteiger partial charge in [0.1, 0.15) is 28.4 Å². The summed E-state index contributed by atoms with van der Waals surface area (Å²) in [5.74, 6) is -1.03. The van der Waals surface area contributed by atoms with Gasteiger partial charge in [-0.3, -0.25) is 0 Å². The van der Waals surface area contributed by atoms with Crippen molar-refractivity contribution in [2.75, 3.05) is 19.7 Å². The molecule has 0 unspecified atom stereocenters. The molecule has 0 saturated carbocycles. The van der Waals surface area contributed by atoms with Gasteiger partial charge in [0.2, 0.25) is 0 Å². The number of benzene rings is 1. The van der Waals surface area contributed by atoms with Crippen molar-refractivity contribution < 1.29 is 24.2 Å². The van der Waals surface area contributed by atoms with Gasteiger partial charge >= 0.3 is 12.1 Å². The fraction of sp³-hybridized carbons (Fsp3) is 0.389. The molecule has 144 valence electrons. The Hall–Kier alpha value is -1.97. The summed E-state index contributed by atoms with van der Waals surface area (Å²) in [7, 11) is 0. The predicted octanol–water partition coefficient (Wildman–Crippen LogP) is 3.63. The molecule has 9 heteroatoms. The number of nitrogens with zero attached hydrogens (tertiary/aromatic N) is 2. The Morgan fingerprint density at radius 2 is 1.96 bits per heavy atom. The fourth-order valence-corrected chi connectivity index (χ4v) is 4.41. The van der Waals surface area contributed by atoms with Crippen LogP contribution in [-0.2, 0) is 26.5 Å². The van der Waals surface area contributed by atoms with Crippen molar-refractivity contribution in [1.29, 1.82) is 0 Å². The van der Waals surface area contributed by atoms with E-state index in [1.165, 1.54) is 11.3 Å². The first-order valence-corrected chi connectivity index (χ1v) is 10.1. The van der Waals surface area contributed by atoms with Gasteiger partial charge in [0, 0.05) is 31.3 Å². The number of likely N-dealkylation sites (tertiary alicyclic amines) is 1. The minimum absolute atomic E-state index is 0.219. The Labute approximate surface area is 169 Å². The summed E-state index contributed by atoms with van der Waals surface area (Å²) in [5, 5.41) is 11.5. The summed E-state index contributed by atoms with van der Waals surface area (Å²) in [6.45, 7) is 0.626. The monoisotopic (exact) mass is 454 g/mol. The third kappa shape index (κ3) is 5.06. The van der Waals surface area contributed by atoms with Gasteiger partial charge in [0.25, 0.3) is 0 Å². The van der Waals surface area contributed by atoms with Crippen molar-refractivity contribution in [3.63, 3.8) is 0 Å². The lowest BCUT2D eigenvalue weighted by molar-refractivity contribution is -0.154. The van der Waals surface area contributed by atoms with Crippen LogP contribution in [0.2, 0.25) is 0 Å². The summed E-state index contributed by atoms with van der Waals surface area (Å²) in [4.78, 5) is 29.3. The number of aliphatic carboxylic acids is 1. The number of thiazole rings is 1. The van der Waals surface area contributed by atoms with Crippen LogP contribution < -0.4 is 0 Å². The van der Waals surface area contributed by atoms with E-state index in [2.05, 4.69) is 20.9 Å². The molecule has 3 rings (SSSR count). The Bertz CT molecular complexity index is 790. The van der Waals surface area contributed by atoms with Crippen LogP contribution in [0.1, 0.15) is 23.4 Å². The molecule has 1 amide bonds. The van der Waals surface area contributed by atoms with Crippen LogP contribution in [0.15, 0.2) is 40.3 Å². The Morgan fingerprint density at radius 1 is 1.26 bits per heavy atom. The highest BCUT2D eigenvalue weighted by Gasteiger charge is 2.41. The number of aromatic nitrogens is 1. The third-order valence-corrected chi connectivity index (χ3v) is 6.11. The smallest absolute Gasteiger partial charge is 0.410 e. The summed E-state index contributed by atoms with van der Waals surface area (Å²) in [6, 6.07) is 9.49.